The summed E-state index contributed by atoms with van der Waals surface area (Å²) < 4.78 is 56.5. The minimum Gasteiger partial charge on any atom is -0.406 e. The van der Waals surface area contributed by atoms with Crippen molar-refractivity contribution in [2.45, 2.75) is 26.1 Å². The van der Waals surface area contributed by atoms with Crippen LogP contribution in [0.15, 0.2) is 78.2 Å². The molecule has 0 aliphatic rings. The van der Waals surface area contributed by atoms with Crippen LogP contribution in [0, 0.1) is 5.82 Å². The molecule has 196 valence electrons. The van der Waals surface area contributed by atoms with E-state index in [1.165, 1.54) is 41.3 Å². The van der Waals surface area contributed by atoms with Crippen LogP contribution < -0.4 is 15.5 Å². The van der Waals surface area contributed by atoms with E-state index in [9.17, 15) is 17.6 Å². The number of hydrazone groups is 1. The second-order valence-corrected chi connectivity index (χ2v) is 8.76. The van der Waals surface area contributed by atoms with E-state index >= 15 is 0 Å². The number of nitrogens with one attached hydrogen (secondary N) is 2. The van der Waals surface area contributed by atoms with E-state index in [1.807, 2.05) is 26.0 Å². The van der Waals surface area contributed by atoms with Gasteiger partial charge in [0.25, 0.3) is 0 Å². The Morgan fingerprint density at radius 3 is 2.42 bits per heavy atom. The third kappa shape index (κ3) is 6.91. The molecule has 4 aromatic rings. The fraction of sp³-hybridized carbons (Fsp3) is 0.154. The van der Waals surface area contributed by atoms with E-state index in [-0.39, 0.29) is 22.6 Å². The molecule has 12 heteroatoms. The molecule has 0 saturated carbocycles. The van der Waals surface area contributed by atoms with Crippen LogP contribution in [0.5, 0.6) is 5.75 Å². The van der Waals surface area contributed by atoms with Gasteiger partial charge in [-0.25, -0.2) is 14.1 Å². The standard InChI is InChI=1S/C26H22F4N6OS/c1-16(2)23-21(27)4-3-5-22(23)33-25(38)34-32-14-17-6-8-18(9-7-17)24-31-15-36(35-24)19-10-12-20(13-11-19)37-26(28,29)30/h3-16H,1-2H3,(H2,33,34,38). The summed E-state index contributed by atoms with van der Waals surface area (Å²) in [6.45, 7) is 3.80. The maximum atomic E-state index is 14.1. The molecule has 7 nitrogen and oxygen atoms in total. The SMILES string of the molecule is CC(C)c1c(F)cccc1NC(=S)NN=Cc1ccc(-c2ncn(-c3ccc(OC(F)(F)F)cc3)n2)cc1. The topological polar surface area (TPSA) is 76.4 Å². The van der Waals surface area contributed by atoms with Crippen LogP contribution in [0.4, 0.5) is 23.2 Å². The Bertz CT molecular complexity index is 1430. The monoisotopic (exact) mass is 542 g/mol. The molecule has 0 unspecified atom stereocenters. The highest BCUT2D eigenvalue weighted by atomic mass is 32.1. The molecule has 0 radical (unpaired) electrons. The summed E-state index contributed by atoms with van der Waals surface area (Å²) in [5.74, 6) is -0.213. The molecular weight excluding hydrogens is 520 g/mol. The molecule has 0 amide bonds. The summed E-state index contributed by atoms with van der Waals surface area (Å²) in [4.78, 5) is 4.27. The van der Waals surface area contributed by atoms with Gasteiger partial charge in [0.05, 0.1) is 11.9 Å². The zero-order chi connectivity index (χ0) is 27.3. The number of thiocarbonyl (C=S) groups is 1. The highest BCUT2D eigenvalue weighted by Crippen LogP contribution is 2.27. The van der Waals surface area contributed by atoms with Crippen molar-refractivity contribution in [3.8, 4) is 22.8 Å². The summed E-state index contributed by atoms with van der Waals surface area (Å²) in [7, 11) is 0. The number of hydrogen-bond donors (Lipinski definition) is 2. The number of alkyl halides is 3. The van der Waals surface area contributed by atoms with Crippen molar-refractivity contribution < 1.29 is 22.3 Å². The van der Waals surface area contributed by atoms with Crippen LogP contribution in [-0.4, -0.2) is 32.5 Å². The minimum atomic E-state index is -4.75. The Balaban J connectivity index is 1.35. The van der Waals surface area contributed by atoms with Crippen LogP contribution >= 0.6 is 12.2 Å². The number of hydrogen-bond acceptors (Lipinski definition) is 5. The van der Waals surface area contributed by atoms with Crippen LogP contribution in [0.25, 0.3) is 17.1 Å². The summed E-state index contributed by atoms with van der Waals surface area (Å²) in [6.07, 6.45) is -1.72. The number of nitrogens with zero attached hydrogens (tertiary/aromatic N) is 4. The van der Waals surface area contributed by atoms with Gasteiger partial charge >= 0.3 is 6.36 Å². The van der Waals surface area contributed by atoms with Gasteiger partial charge in [-0.15, -0.1) is 18.3 Å². The molecule has 0 fully saturated rings. The Morgan fingerprint density at radius 1 is 1.05 bits per heavy atom. The van der Waals surface area contributed by atoms with Gasteiger partial charge in [-0.2, -0.15) is 5.10 Å². The molecule has 3 aromatic carbocycles. The largest absolute Gasteiger partial charge is 0.573 e. The average molecular weight is 543 g/mol. The number of ether oxygens (including phenoxy) is 1. The van der Waals surface area contributed by atoms with Crippen molar-refractivity contribution in [2.24, 2.45) is 5.10 Å². The molecule has 0 bridgehead atoms. The number of benzene rings is 3. The molecule has 4 rings (SSSR count). The van der Waals surface area contributed by atoms with E-state index < -0.39 is 6.36 Å². The highest BCUT2D eigenvalue weighted by molar-refractivity contribution is 7.80. The fourth-order valence-electron chi connectivity index (χ4n) is 3.59. The number of anilines is 1. The lowest BCUT2D eigenvalue weighted by Crippen LogP contribution is -2.24. The van der Waals surface area contributed by atoms with Crippen LogP contribution in [0.2, 0.25) is 0 Å². The highest BCUT2D eigenvalue weighted by Gasteiger charge is 2.31. The molecule has 0 spiro atoms. The van der Waals surface area contributed by atoms with Crippen molar-refractivity contribution in [1.29, 1.82) is 0 Å². The Hall–Kier alpha value is -4.32. The minimum absolute atomic E-state index is 0.0252. The van der Waals surface area contributed by atoms with Crippen LogP contribution in [0.1, 0.15) is 30.9 Å². The molecule has 0 atom stereocenters. The number of rotatable bonds is 7. The van der Waals surface area contributed by atoms with Crippen molar-refractivity contribution >= 4 is 29.2 Å². The lowest BCUT2D eigenvalue weighted by atomic mass is 10.0. The zero-order valence-electron chi connectivity index (χ0n) is 20.2. The Kier molecular flexibility index (Phi) is 8.01. The Morgan fingerprint density at radius 2 is 1.76 bits per heavy atom. The first-order valence-corrected chi connectivity index (χ1v) is 11.8. The van der Waals surface area contributed by atoms with E-state index in [2.05, 4.69) is 30.7 Å². The normalized spacial score (nSPS) is 11.7. The van der Waals surface area contributed by atoms with E-state index in [4.69, 9.17) is 12.2 Å². The summed E-state index contributed by atoms with van der Waals surface area (Å²) in [6, 6.07) is 17.3. The first kappa shape index (κ1) is 26.7. The van der Waals surface area contributed by atoms with Gasteiger partial charge in [0.2, 0.25) is 0 Å². The maximum absolute atomic E-state index is 14.1. The molecular formula is C26H22F4N6OS. The molecule has 0 saturated heterocycles. The molecule has 2 N–H and O–H groups in total. The first-order chi connectivity index (χ1) is 18.1. The molecule has 0 aliphatic carbocycles. The summed E-state index contributed by atoms with van der Waals surface area (Å²) in [5, 5.41) is 11.7. The fourth-order valence-corrected chi connectivity index (χ4v) is 3.75. The van der Waals surface area contributed by atoms with E-state index in [0.29, 0.717) is 22.8 Å². The van der Waals surface area contributed by atoms with E-state index in [1.54, 1.807) is 30.5 Å². The number of aromatic nitrogens is 3. The van der Waals surface area contributed by atoms with Gasteiger partial charge in [0, 0.05) is 16.8 Å². The van der Waals surface area contributed by atoms with Crippen molar-refractivity contribution in [2.75, 3.05) is 5.32 Å². The average Bonchev–Trinajstić information content (AvgIpc) is 3.34. The number of halogens is 4. The van der Waals surface area contributed by atoms with Gasteiger partial charge in [-0.3, -0.25) is 5.43 Å². The molecule has 1 aromatic heterocycles. The lowest BCUT2D eigenvalue weighted by Gasteiger charge is -2.15. The predicted octanol–water partition coefficient (Wildman–Crippen LogP) is 6.42. The van der Waals surface area contributed by atoms with Crippen molar-refractivity contribution in [3.63, 3.8) is 0 Å². The second-order valence-electron chi connectivity index (χ2n) is 8.36. The Labute approximate surface area is 221 Å². The van der Waals surface area contributed by atoms with Gasteiger partial charge in [0.15, 0.2) is 10.9 Å². The third-order valence-corrected chi connectivity index (χ3v) is 5.45. The second kappa shape index (κ2) is 11.4. The maximum Gasteiger partial charge on any atom is 0.573 e. The van der Waals surface area contributed by atoms with Crippen LogP contribution in [0.3, 0.4) is 0 Å². The lowest BCUT2D eigenvalue weighted by molar-refractivity contribution is -0.274. The van der Waals surface area contributed by atoms with Gasteiger partial charge in [0.1, 0.15) is 17.9 Å². The first-order valence-electron chi connectivity index (χ1n) is 11.4. The smallest absolute Gasteiger partial charge is 0.406 e. The van der Waals surface area contributed by atoms with Gasteiger partial charge in [-0.1, -0.05) is 44.2 Å². The van der Waals surface area contributed by atoms with Crippen molar-refractivity contribution in [1.82, 2.24) is 20.2 Å². The molecule has 0 aliphatic heterocycles. The predicted molar refractivity (Wildman–Crippen MR) is 141 cm³/mol. The summed E-state index contributed by atoms with van der Waals surface area (Å²) >= 11 is 5.26. The van der Waals surface area contributed by atoms with Gasteiger partial charge < -0.3 is 10.1 Å². The van der Waals surface area contributed by atoms with Crippen LogP contribution in [-0.2, 0) is 0 Å². The van der Waals surface area contributed by atoms with E-state index in [0.717, 1.165) is 11.1 Å². The van der Waals surface area contributed by atoms with Crippen molar-refractivity contribution in [3.05, 3.63) is 90.0 Å². The molecule has 38 heavy (non-hydrogen) atoms. The third-order valence-electron chi connectivity index (χ3n) is 5.25. The summed E-state index contributed by atoms with van der Waals surface area (Å²) in [5.41, 5.74) is 5.87. The van der Waals surface area contributed by atoms with Gasteiger partial charge in [-0.05, 0) is 60.1 Å². The quantitative estimate of drug-likeness (QED) is 0.122. The molecule has 1 heterocycles. The zero-order valence-corrected chi connectivity index (χ0v) is 21.0.